The van der Waals surface area contributed by atoms with Crippen molar-refractivity contribution in [2.45, 2.75) is 0 Å². The molecule has 0 radical (unpaired) electrons. The van der Waals surface area contributed by atoms with Crippen molar-refractivity contribution < 1.29 is 19.2 Å². The highest BCUT2D eigenvalue weighted by Gasteiger charge is 2.14. The predicted molar refractivity (Wildman–Crippen MR) is 107 cm³/mol. The molecule has 9 nitrogen and oxygen atoms in total. The van der Waals surface area contributed by atoms with E-state index in [9.17, 15) is 19.7 Å². The van der Waals surface area contributed by atoms with Gasteiger partial charge in [0.1, 0.15) is 5.58 Å². The highest BCUT2D eigenvalue weighted by atomic mass is 32.1. The molecule has 2 heterocycles. The summed E-state index contributed by atoms with van der Waals surface area (Å²) in [6.45, 7) is 0. The second kappa shape index (κ2) is 7.17. The fourth-order valence-electron chi connectivity index (χ4n) is 2.68. The number of carboxylic acids is 1. The molecule has 2 aromatic heterocycles. The Morgan fingerprint density at radius 3 is 2.62 bits per heavy atom. The van der Waals surface area contributed by atoms with Gasteiger partial charge in [-0.2, -0.15) is 0 Å². The Morgan fingerprint density at radius 1 is 1.17 bits per heavy atom. The number of hydrogen-bond donors (Lipinski definition) is 2. The molecule has 4 rings (SSSR count). The molecule has 0 aliphatic rings. The third-order valence-electron chi connectivity index (χ3n) is 4.09. The minimum absolute atomic E-state index is 0.109. The van der Waals surface area contributed by atoms with Crippen molar-refractivity contribution in [3.8, 4) is 11.3 Å². The topological polar surface area (TPSA) is 136 Å². The highest BCUT2D eigenvalue weighted by molar-refractivity contribution is 7.14. The van der Waals surface area contributed by atoms with Crippen LogP contribution in [-0.4, -0.2) is 21.0 Å². The van der Waals surface area contributed by atoms with Crippen molar-refractivity contribution in [1.29, 1.82) is 0 Å². The van der Waals surface area contributed by atoms with E-state index in [1.165, 1.54) is 47.7 Å². The zero-order chi connectivity index (χ0) is 20.5. The van der Waals surface area contributed by atoms with Crippen LogP contribution in [0.2, 0.25) is 0 Å². The molecular formula is C19H11N3O6S. The van der Waals surface area contributed by atoms with Gasteiger partial charge in [-0.1, -0.05) is 0 Å². The molecular weight excluding hydrogens is 398 g/mol. The number of benzene rings is 2. The lowest BCUT2D eigenvalue weighted by atomic mass is 10.1. The molecule has 0 aliphatic heterocycles. The SMILES string of the molecule is O=C(O)c1ccc(Nc2nc(-c3cc4cc([N+](=O)[O-])ccc4oc3=O)cs2)cc1. The van der Waals surface area contributed by atoms with Gasteiger partial charge in [-0.05, 0) is 36.4 Å². The van der Waals surface area contributed by atoms with E-state index >= 15 is 0 Å². The van der Waals surface area contributed by atoms with Crippen molar-refractivity contribution in [2.75, 3.05) is 5.32 Å². The van der Waals surface area contributed by atoms with Crippen molar-refractivity contribution >= 4 is 44.8 Å². The first-order valence-electron chi connectivity index (χ1n) is 8.19. The van der Waals surface area contributed by atoms with Crippen LogP contribution in [0.15, 0.2) is 63.1 Å². The summed E-state index contributed by atoms with van der Waals surface area (Å²) in [6.07, 6.45) is 0. The molecule has 144 valence electrons. The van der Waals surface area contributed by atoms with Crippen molar-refractivity contribution in [3.05, 3.63) is 80.0 Å². The molecule has 29 heavy (non-hydrogen) atoms. The maximum Gasteiger partial charge on any atom is 0.345 e. The Balaban J connectivity index is 1.65. The van der Waals surface area contributed by atoms with E-state index in [0.717, 1.165) is 0 Å². The quantitative estimate of drug-likeness (QED) is 0.283. The first kappa shape index (κ1) is 18.3. The number of aromatic carboxylic acids is 1. The average molecular weight is 409 g/mol. The standard InChI is InChI=1S/C19H11N3O6S/c23-17(24)10-1-3-12(4-2-10)20-19-21-15(9-29-19)14-8-11-7-13(22(26)27)5-6-16(11)28-18(14)25/h1-9H,(H,20,21)(H,23,24). The Hall–Kier alpha value is -4.05. The number of non-ortho nitro benzene ring substituents is 1. The minimum Gasteiger partial charge on any atom is -0.478 e. The van der Waals surface area contributed by atoms with Gasteiger partial charge in [-0.3, -0.25) is 10.1 Å². The van der Waals surface area contributed by atoms with E-state index in [1.54, 1.807) is 17.5 Å². The number of aromatic nitrogens is 1. The summed E-state index contributed by atoms with van der Waals surface area (Å²) in [7, 11) is 0. The summed E-state index contributed by atoms with van der Waals surface area (Å²) in [6, 6.07) is 11.6. The number of nitrogens with zero attached hydrogens (tertiary/aromatic N) is 2. The number of nitrogens with one attached hydrogen (secondary N) is 1. The Bertz CT molecular complexity index is 1310. The molecule has 0 unspecified atom stereocenters. The summed E-state index contributed by atoms with van der Waals surface area (Å²) < 4.78 is 5.26. The van der Waals surface area contributed by atoms with Crippen LogP contribution >= 0.6 is 11.3 Å². The second-order valence-corrected chi connectivity index (χ2v) is 6.83. The zero-order valence-electron chi connectivity index (χ0n) is 14.5. The number of carbonyl (C=O) groups is 1. The molecule has 0 saturated carbocycles. The molecule has 2 N–H and O–H groups in total. The van der Waals surface area contributed by atoms with Gasteiger partial charge >= 0.3 is 11.6 Å². The van der Waals surface area contributed by atoms with E-state index in [4.69, 9.17) is 9.52 Å². The third-order valence-corrected chi connectivity index (χ3v) is 4.85. The van der Waals surface area contributed by atoms with Gasteiger partial charge in [-0.25, -0.2) is 14.6 Å². The van der Waals surface area contributed by atoms with Crippen LogP contribution in [0.5, 0.6) is 0 Å². The summed E-state index contributed by atoms with van der Waals surface area (Å²) in [5.74, 6) is -1.02. The summed E-state index contributed by atoms with van der Waals surface area (Å²) >= 11 is 1.24. The fraction of sp³-hybridized carbons (Fsp3) is 0. The Kier molecular flexibility index (Phi) is 4.53. The first-order valence-corrected chi connectivity index (χ1v) is 9.07. The predicted octanol–water partition coefficient (Wildman–Crippen LogP) is 4.27. The zero-order valence-corrected chi connectivity index (χ0v) is 15.3. The number of hydrogen-bond acceptors (Lipinski definition) is 8. The van der Waals surface area contributed by atoms with E-state index in [1.807, 2.05) is 0 Å². The van der Waals surface area contributed by atoms with Crippen LogP contribution < -0.4 is 10.9 Å². The number of fused-ring (bicyclic) bond motifs is 1. The van der Waals surface area contributed by atoms with E-state index < -0.39 is 16.5 Å². The van der Waals surface area contributed by atoms with Gasteiger partial charge in [0.2, 0.25) is 0 Å². The van der Waals surface area contributed by atoms with Crippen LogP contribution in [0.1, 0.15) is 10.4 Å². The smallest absolute Gasteiger partial charge is 0.345 e. The number of anilines is 2. The number of carboxylic acid groups (broad SMARTS) is 1. The number of thiazole rings is 1. The van der Waals surface area contributed by atoms with Crippen LogP contribution in [-0.2, 0) is 0 Å². The average Bonchev–Trinajstić information content (AvgIpc) is 3.15. The molecule has 0 bridgehead atoms. The highest BCUT2D eigenvalue weighted by Crippen LogP contribution is 2.28. The van der Waals surface area contributed by atoms with Gasteiger partial charge < -0.3 is 14.8 Å². The van der Waals surface area contributed by atoms with E-state index in [2.05, 4.69) is 10.3 Å². The molecule has 10 heteroatoms. The molecule has 2 aromatic carbocycles. The van der Waals surface area contributed by atoms with Crippen LogP contribution in [0.25, 0.3) is 22.2 Å². The summed E-state index contributed by atoms with van der Waals surface area (Å²) in [5, 5.41) is 25.5. The minimum atomic E-state index is -1.02. The summed E-state index contributed by atoms with van der Waals surface area (Å²) in [5.41, 5.74) is 0.883. The lowest BCUT2D eigenvalue weighted by Gasteiger charge is -2.03. The lowest BCUT2D eigenvalue weighted by Crippen LogP contribution is -2.03. The van der Waals surface area contributed by atoms with Gasteiger partial charge in [0.05, 0.1) is 21.7 Å². The van der Waals surface area contributed by atoms with Crippen LogP contribution in [0.3, 0.4) is 0 Å². The fourth-order valence-corrected chi connectivity index (χ4v) is 3.41. The first-order chi connectivity index (χ1) is 13.9. The maximum atomic E-state index is 12.3. The van der Waals surface area contributed by atoms with Crippen LogP contribution in [0, 0.1) is 10.1 Å². The van der Waals surface area contributed by atoms with E-state index in [-0.39, 0.29) is 22.4 Å². The largest absolute Gasteiger partial charge is 0.478 e. The number of nitro groups is 1. The number of rotatable bonds is 5. The van der Waals surface area contributed by atoms with Gasteiger partial charge in [0.25, 0.3) is 5.69 Å². The van der Waals surface area contributed by atoms with Gasteiger partial charge in [0.15, 0.2) is 5.13 Å². The molecule has 0 saturated heterocycles. The van der Waals surface area contributed by atoms with Gasteiger partial charge in [0, 0.05) is 28.6 Å². The van der Waals surface area contributed by atoms with Crippen LogP contribution in [0.4, 0.5) is 16.5 Å². The van der Waals surface area contributed by atoms with Crippen molar-refractivity contribution in [3.63, 3.8) is 0 Å². The Labute approximate surface area is 166 Å². The maximum absolute atomic E-state index is 12.3. The summed E-state index contributed by atoms with van der Waals surface area (Å²) in [4.78, 5) is 38.0. The lowest BCUT2D eigenvalue weighted by molar-refractivity contribution is -0.384. The monoisotopic (exact) mass is 409 g/mol. The molecule has 0 amide bonds. The molecule has 0 fully saturated rings. The molecule has 0 spiro atoms. The molecule has 0 atom stereocenters. The van der Waals surface area contributed by atoms with E-state index in [0.29, 0.717) is 21.9 Å². The number of nitro benzene ring substituents is 1. The van der Waals surface area contributed by atoms with Gasteiger partial charge in [-0.15, -0.1) is 11.3 Å². The normalized spacial score (nSPS) is 10.8. The molecule has 0 aliphatic carbocycles. The third kappa shape index (κ3) is 3.69. The van der Waals surface area contributed by atoms with Crippen molar-refractivity contribution in [1.82, 2.24) is 4.98 Å². The second-order valence-electron chi connectivity index (χ2n) is 5.97. The molecule has 4 aromatic rings. The Morgan fingerprint density at radius 2 is 1.93 bits per heavy atom. The van der Waals surface area contributed by atoms with Crippen molar-refractivity contribution in [2.24, 2.45) is 0 Å².